The first-order valence-corrected chi connectivity index (χ1v) is 5.96. The Morgan fingerprint density at radius 3 is 2.32 bits per heavy atom. The fourth-order valence-corrected chi connectivity index (χ4v) is 1.64. The van der Waals surface area contributed by atoms with Gasteiger partial charge in [0.05, 0.1) is 0 Å². The minimum atomic E-state index is -0.0979. The van der Waals surface area contributed by atoms with E-state index in [0.29, 0.717) is 0 Å². The molecule has 0 saturated carbocycles. The number of amides is 1. The Balaban J connectivity index is 2.07. The number of nitrogens with zero attached hydrogens (tertiary/aromatic N) is 1. The van der Waals surface area contributed by atoms with E-state index in [1.807, 2.05) is 30.3 Å². The lowest BCUT2D eigenvalue weighted by Crippen LogP contribution is -2.23. The molecule has 1 amide bonds. The van der Waals surface area contributed by atoms with E-state index in [1.54, 1.807) is 42.3 Å². The Hall–Kier alpha value is -2.55. The molecule has 2 aromatic rings. The Kier molecular flexibility index (Phi) is 3.98. The lowest BCUT2D eigenvalue weighted by Gasteiger charge is -2.14. The molecule has 0 bridgehead atoms. The van der Waals surface area contributed by atoms with Gasteiger partial charge in [0.1, 0.15) is 5.75 Å². The first-order valence-electron chi connectivity index (χ1n) is 5.96. The molecule has 0 aliphatic heterocycles. The molecule has 3 nitrogen and oxygen atoms in total. The van der Waals surface area contributed by atoms with E-state index in [4.69, 9.17) is 0 Å². The van der Waals surface area contributed by atoms with Crippen LogP contribution in [0.1, 0.15) is 5.56 Å². The van der Waals surface area contributed by atoms with Crippen LogP contribution in [-0.4, -0.2) is 18.1 Å². The highest BCUT2D eigenvalue weighted by Crippen LogP contribution is 2.13. The number of para-hydroxylation sites is 1. The Labute approximate surface area is 112 Å². The van der Waals surface area contributed by atoms with Crippen LogP contribution in [0.5, 0.6) is 5.75 Å². The zero-order chi connectivity index (χ0) is 13.7. The molecule has 0 aromatic heterocycles. The van der Waals surface area contributed by atoms with E-state index in [9.17, 15) is 9.90 Å². The van der Waals surface area contributed by atoms with Crippen molar-refractivity contribution in [2.24, 2.45) is 0 Å². The average Bonchev–Trinajstić information content (AvgIpc) is 2.46. The van der Waals surface area contributed by atoms with Gasteiger partial charge in [-0.1, -0.05) is 30.3 Å². The van der Waals surface area contributed by atoms with Gasteiger partial charge in [-0.2, -0.15) is 0 Å². The molecule has 0 aliphatic rings. The molecule has 0 aliphatic carbocycles. The van der Waals surface area contributed by atoms with Crippen LogP contribution in [0.2, 0.25) is 0 Å². The SMILES string of the molecule is CN(C(=O)/C=C/c1ccc(O)cc1)c1ccccc1. The highest BCUT2D eigenvalue weighted by atomic mass is 16.3. The maximum atomic E-state index is 12.0. The van der Waals surface area contributed by atoms with Gasteiger partial charge in [0, 0.05) is 18.8 Å². The normalized spacial score (nSPS) is 10.6. The number of hydrogen-bond donors (Lipinski definition) is 1. The lowest BCUT2D eigenvalue weighted by atomic mass is 10.2. The molecular formula is C16H15NO2. The first-order chi connectivity index (χ1) is 9.16. The Morgan fingerprint density at radius 2 is 1.68 bits per heavy atom. The molecule has 0 unspecified atom stereocenters. The van der Waals surface area contributed by atoms with Crippen molar-refractivity contribution in [3.8, 4) is 5.75 Å². The van der Waals surface area contributed by atoms with Crippen LogP contribution in [0.15, 0.2) is 60.7 Å². The predicted molar refractivity (Wildman–Crippen MR) is 77.0 cm³/mol. The van der Waals surface area contributed by atoms with Gasteiger partial charge in [-0.3, -0.25) is 4.79 Å². The van der Waals surface area contributed by atoms with E-state index in [1.165, 1.54) is 6.08 Å². The predicted octanol–water partition coefficient (Wildman–Crippen LogP) is 3.07. The maximum absolute atomic E-state index is 12.0. The number of rotatable bonds is 3. The maximum Gasteiger partial charge on any atom is 0.250 e. The van der Waals surface area contributed by atoms with Gasteiger partial charge in [0.15, 0.2) is 0 Å². The van der Waals surface area contributed by atoms with Crippen LogP contribution < -0.4 is 4.90 Å². The second kappa shape index (κ2) is 5.87. The van der Waals surface area contributed by atoms with Crippen molar-refractivity contribution in [2.75, 3.05) is 11.9 Å². The van der Waals surface area contributed by atoms with Crippen molar-refractivity contribution in [2.45, 2.75) is 0 Å². The minimum absolute atomic E-state index is 0.0979. The number of aromatic hydroxyl groups is 1. The van der Waals surface area contributed by atoms with Crippen LogP contribution >= 0.6 is 0 Å². The molecule has 0 fully saturated rings. The monoisotopic (exact) mass is 253 g/mol. The molecule has 2 aromatic carbocycles. The standard InChI is InChI=1S/C16H15NO2/c1-17(14-5-3-2-4-6-14)16(19)12-9-13-7-10-15(18)11-8-13/h2-12,18H,1H3/b12-9+. The summed E-state index contributed by atoms with van der Waals surface area (Å²) in [5, 5.41) is 9.17. The molecule has 0 spiro atoms. The van der Waals surface area contributed by atoms with Gasteiger partial charge < -0.3 is 10.0 Å². The molecular weight excluding hydrogens is 238 g/mol. The molecule has 0 atom stereocenters. The smallest absolute Gasteiger partial charge is 0.250 e. The van der Waals surface area contributed by atoms with Gasteiger partial charge in [-0.25, -0.2) is 0 Å². The van der Waals surface area contributed by atoms with E-state index in [-0.39, 0.29) is 11.7 Å². The van der Waals surface area contributed by atoms with E-state index >= 15 is 0 Å². The summed E-state index contributed by atoms with van der Waals surface area (Å²) in [6, 6.07) is 16.1. The number of phenols is 1. The number of carbonyl (C=O) groups is 1. The van der Waals surface area contributed by atoms with Gasteiger partial charge in [-0.05, 0) is 35.9 Å². The summed E-state index contributed by atoms with van der Waals surface area (Å²) in [6.45, 7) is 0. The molecule has 3 heteroatoms. The molecule has 0 radical (unpaired) electrons. The van der Waals surface area contributed by atoms with Crippen molar-refractivity contribution in [1.29, 1.82) is 0 Å². The van der Waals surface area contributed by atoms with Crippen LogP contribution in [0, 0.1) is 0 Å². The van der Waals surface area contributed by atoms with E-state index < -0.39 is 0 Å². The van der Waals surface area contributed by atoms with E-state index in [0.717, 1.165) is 11.3 Å². The number of likely N-dealkylation sites (N-methyl/N-ethyl adjacent to an activating group) is 1. The summed E-state index contributed by atoms with van der Waals surface area (Å²) >= 11 is 0. The van der Waals surface area contributed by atoms with Crippen LogP contribution in [0.3, 0.4) is 0 Å². The molecule has 2 rings (SSSR count). The topological polar surface area (TPSA) is 40.5 Å². The quantitative estimate of drug-likeness (QED) is 0.854. The molecule has 96 valence electrons. The summed E-state index contributed by atoms with van der Waals surface area (Å²) < 4.78 is 0. The van der Waals surface area contributed by atoms with Gasteiger partial charge >= 0.3 is 0 Å². The number of anilines is 1. The lowest BCUT2D eigenvalue weighted by molar-refractivity contribution is -0.113. The van der Waals surface area contributed by atoms with Crippen LogP contribution in [0.25, 0.3) is 6.08 Å². The highest BCUT2D eigenvalue weighted by molar-refractivity contribution is 6.03. The molecule has 0 saturated heterocycles. The van der Waals surface area contributed by atoms with Crippen LogP contribution in [0.4, 0.5) is 5.69 Å². The summed E-state index contributed by atoms with van der Waals surface area (Å²) in [7, 11) is 1.73. The zero-order valence-electron chi connectivity index (χ0n) is 10.7. The third-order valence-corrected chi connectivity index (χ3v) is 2.79. The summed E-state index contributed by atoms with van der Waals surface area (Å²) in [5.74, 6) is 0.115. The molecule has 0 heterocycles. The van der Waals surface area contributed by atoms with Gasteiger partial charge in [0.25, 0.3) is 5.91 Å². The number of phenolic OH excluding ortho intramolecular Hbond substituents is 1. The van der Waals surface area contributed by atoms with Crippen molar-refractivity contribution >= 4 is 17.7 Å². The summed E-state index contributed by atoms with van der Waals surface area (Å²) in [5.41, 5.74) is 1.72. The second-order valence-corrected chi connectivity index (χ2v) is 4.16. The first kappa shape index (κ1) is 12.9. The summed E-state index contributed by atoms with van der Waals surface area (Å²) in [4.78, 5) is 13.6. The third kappa shape index (κ3) is 3.45. The Morgan fingerprint density at radius 1 is 1.05 bits per heavy atom. The van der Waals surface area contributed by atoms with Crippen LogP contribution in [-0.2, 0) is 4.79 Å². The Bertz CT molecular complexity index is 573. The largest absolute Gasteiger partial charge is 0.508 e. The van der Waals surface area contributed by atoms with Gasteiger partial charge in [-0.15, -0.1) is 0 Å². The van der Waals surface area contributed by atoms with Crippen molar-refractivity contribution in [1.82, 2.24) is 0 Å². The van der Waals surface area contributed by atoms with E-state index in [2.05, 4.69) is 0 Å². The fraction of sp³-hybridized carbons (Fsp3) is 0.0625. The molecule has 19 heavy (non-hydrogen) atoms. The minimum Gasteiger partial charge on any atom is -0.508 e. The second-order valence-electron chi connectivity index (χ2n) is 4.16. The number of benzene rings is 2. The third-order valence-electron chi connectivity index (χ3n) is 2.79. The fourth-order valence-electron chi connectivity index (χ4n) is 1.64. The average molecular weight is 253 g/mol. The highest BCUT2D eigenvalue weighted by Gasteiger charge is 2.06. The van der Waals surface area contributed by atoms with Crippen molar-refractivity contribution in [3.63, 3.8) is 0 Å². The van der Waals surface area contributed by atoms with Crippen molar-refractivity contribution < 1.29 is 9.90 Å². The molecule has 1 N–H and O–H groups in total. The number of hydrogen-bond acceptors (Lipinski definition) is 2. The van der Waals surface area contributed by atoms with Crippen molar-refractivity contribution in [3.05, 3.63) is 66.2 Å². The number of carbonyl (C=O) groups excluding carboxylic acids is 1. The summed E-state index contributed by atoms with van der Waals surface area (Å²) in [6.07, 6.45) is 3.24. The zero-order valence-corrected chi connectivity index (χ0v) is 10.7. The van der Waals surface area contributed by atoms with Gasteiger partial charge in [0.2, 0.25) is 0 Å².